The number of H-pyrrole nitrogens is 1. The first-order valence-corrected chi connectivity index (χ1v) is 5.86. The molecule has 0 spiro atoms. The Morgan fingerprint density at radius 3 is 3.00 bits per heavy atom. The number of aromatic amines is 1. The van der Waals surface area contributed by atoms with Gasteiger partial charge >= 0.3 is 5.69 Å². The molecule has 2 heterocycles. The van der Waals surface area contributed by atoms with Gasteiger partial charge in [0, 0.05) is 27.9 Å². The summed E-state index contributed by atoms with van der Waals surface area (Å²) in [5.74, 6) is 0. The first-order chi connectivity index (χ1) is 8.24. The molecule has 0 amide bonds. The first-order valence-electron chi connectivity index (χ1n) is 5.06. The Labute approximate surface area is 105 Å². The van der Waals surface area contributed by atoms with E-state index in [0.29, 0.717) is 0 Å². The van der Waals surface area contributed by atoms with E-state index in [-0.39, 0.29) is 5.69 Å². The number of hydrogen-bond donors (Lipinski definition) is 1. The highest BCUT2D eigenvalue weighted by Gasteiger charge is 2.04. The molecular weight excluding hydrogens is 282 g/mol. The highest BCUT2D eigenvalue weighted by atomic mass is 79.9. The fourth-order valence-electron chi connectivity index (χ4n) is 1.79. The molecule has 0 aliphatic rings. The van der Waals surface area contributed by atoms with Gasteiger partial charge in [-0.1, -0.05) is 22.0 Å². The summed E-state index contributed by atoms with van der Waals surface area (Å²) in [5.41, 5.74) is 1.40. The van der Waals surface area contributed by atoms with E-state index in [1.807, 2.05) is 41.1 Å². The molecule has 0 aliphatic heterocycles. The molecular formula is C12H8BrN3O. The Balaban J connectivity index is 2.30. The summed E-state index contributed by atoms with van der Waals surface area (Å²) in [4.78, 5) is 17.7. The van der Waals surface area contributed by atoms with Crippen molar-refractivity contribution in [2.45, 2.75) is 0 Å². The zero-order valence-electron chi connectivity index (χ0n) is 8.72. The van der Waals surface area contributed by atoms with Crippen LogP contribution in [0.3, 0.4) is 0 Å². The Hall–Kier alpha value is -1.88. The third kappa shape index (κ3) is 1.78. The molecule has 1 N–H and O–H groups in total. The lowest BCUT2D eigenvalue weighted by Crippen LogP contribution is -2.10. The SMILES string of the molecule is O=c1ncc2ccn(-c3cccc(Br)c3)c2[nH]1. The van der Waals surface area contributed by atoms with Crippen molar-refractivity contribution in [2.24, 2.45) is 0 Å². The van der Waals surface area contributed by atoms with Crippen molar-refractivity contribution >= 4 is 27.0 Å². The van der Waals surface area contributed by atoms with E-state index in [1.54, 1.807) is 6.20 Å². The Kier molecular flexibility index (Phi) is 2.33. The molecule has 84 valence electrons. The van der Waals surface area contributed by atoms with Crippen LogP contribution in [0.2, 0.25) is 0 Å². The third-order valence-electron chi connectivity index (χ3n) is 2.55. The molecule has 0 fully saturated rings. The molecule has 4 nitrogen and oxygen atoms in total. The van der Waals surface area contributed by atoms with Crippen molar-refractivity contribution < 1.29 is 0 Å². The number of nitrogens with one attached hydrogen (secondary N) is 1. The summed E-state index contributed by atoms with van der Waals surface area (Å²) in [6.07, 6.45) is 3.48. The quantitative estimate of drug-likeness (QED) is 0.748. The molecule has 0 saturated carbocycles. The maximum atomic E-state index is 11.2. The van der Waals surface area contributed by atoms with E-state index < -0.39 is 0 Å². The summed E-state index contributed by atoms with van der Waals surface area (Å²) < 4.78 is 2.91. The van der Waals surface area contributed by atoms with Gasteiger partial charge in [-0.25, -0.2) is 9.78 Å². The van der Waals surface area contributed by atoms with Crippen molar-refractivity contribution in [1.82, 2.24) is 14.5 Å². The summed E-state index contributed by atoms with van der Waals surface area (Å²) in [6, 6.07) is 9.78. The second kappa shape index (κ2) is 3.85. The van der Waals surface area contributed by atoms with Crippen LogP contribution in [-0.2, 0) is 0 Å². The summed E-state index contributed by atoms with van der Waals surface area (Å²) in [5, 5.41) is 0.907. The molecule has 1 aromatic carbocycles. The van der Waals surface area contributed by atoms with Crippen molar-refractivity contribution in [1.29, 1.82) is 0 Å². The maximum Gasteiger partial charge on any atom is 0.346 e. The van der Waals surface area contributed by atoms with Crippen molar-refractivity contribution in [3.05, 3.63) is 57.7 Å². The number of fused-ring (bicyclic) bond motifs is 1. The van der Waals surface area contributed by atoms with Crippen LogP contribution in [0.5, 0.6) is 0 Å². The number of aromatic nitrogens is 3. The van der Waals surface area contributed by atoms with Gasteiger partial charge in [-0.05, 0) is 24.3 Å². The number of rotatable bonds is 1. The van der Waals surface area contributed by atoms with Crippen LogP contribution in [0.4, 0.5) is 0 Å². The standard InChI is InChI=1S/C12H8BrN3O/c13-9-2-1-3-10(6-9)16-5-4-8-7-14-12(17)15-11(8)16/h1-7H,(H,14,15,17). The average molecular weight is 290 g/mol. The molecule has 17 heavy (non-hydrogen) atoms. The number of benzene rings is 1. The van der Waals surface area contributed by atoms with Gasteiger partial charge in [0.25, 0.3) is 0 Å². The second-order valence-electron chi connectivity index (χ2n) is 3.66. The number of nitrogens with zero attached hydrogens (tertiary/aromatic N) is 2. The molecule has 2 aromatic heterocycles. The van der Waals surface area contributed by atoms with Crippen LogP contribution >= 0.6 is 15.9 Å². The fraction of sp³-hybridized carbons (Fsp3) is 0. The predicted molar refractivity (Wildman–Crippen MR) is 69.4 cm³/mol. The van der Waals surface area contributed by atoms with Gasteiger partial charge in [0.05, 0.1) is 0 Å². The zero-order valence-corrected chi connectivity index (χ0v) is 10.3. The van der Waals surface area contributed by atoms with Crippen LogP contribution < -0.4 is 5.69 Å². The minimum atomic E-state index is -0.340. The van der Waals surface area contributed by atoms with Gasteiger partial charge in [0.2, 0.25) is 0 Å². The maximum absolute atomic E-state index is 11.2. The molecule has 5 heteroatoms. The minimum Gasteiger partial charge on any atom is -0.303 e. The largest absolute Gasteiger partial charge is 0.346 e. The van der Waals surface area contributed by atoms with E-state index in [9.17, 15) is 4.79 Å². The lowest BCUT2D eigenvalue weighted by Gasteiger charge is -2.04. The third-order valence-corrected chi connectivity index (χ3v) is 3.04. The second-order valence-corrected chi connectivity index (χ2v) is 4.57. The van der Waals surface area contributed by atoms with E-state index in [4.69, 9.17) is 0 Å². The van der Waals surface area contributed by atoms with Crippen molar-refractivity contribution in [3.63, 3.8) is 0 Å². The van der Waals surface area contributed by atoms with Gasteiger partial charge in [-0.3, -0.25) is 4.98 Å². The van der Waals surface area contributed by atoms with Crippen LogP contribution in [0.25, 0.3) is 16.7 Å². The van der Waals surface area contributed by atoms with E-state index >= 15 is 0 Å². The topological polar surface area (TPSA) is 50.7 Å². The van der Waals surface area contributed by atoms with E-state index in [1.165, 1.54) is 0 Å². The molecule has 0 atom stereocenters. The van der Waals surface area contributed by atoms with Gasteiger partial charge in [0.1, 0.15) is 5.65 Å². The first kappa shape index (κ1) is 10.3. The Morgan fingerprint density at radius 1 is 1.29 bits per heavy atom. The van der Waals surface area contributed by atoms with Crippen molar-refractivity contribution in [2.75, 3.05) is 0 Å². The smallest absolute Gasteiger partial charge is 0.303 e. The molecule has 0 bridgehead atoms. The molecule has 0 aliphatic carbocycles. The molecule has 0 unspecified atom stereocenters. The van der Waals surface area contributed by atoms with Crippen LogP contribution in [0.1, 0.15) is 0 Å². The highest BCUT2D eigenvalue weighted by molar-refractivity contribution is 9.10. The van der Waals surface area contributed by atoms with Crippen LogP contribution in [0.15, 0.2) is 52.0 Å². The van der Waals surface area contributed by atoms with E-state index in [0.717, 1.165) is 21.2 Å². The molecule has 0 saturated heterocycles. The van der Waals surface area contributed by atoms with Gasteiger partial charge in [-0.2, -0.15) is 0 Å². The summed E-state index contributed by atoms with van der Waals surface area (Å²) in [6.45, 7) is 0. The number of halogens is 1. The monoisotopic (exact) mass is 289 g/mol. The van der Waals surface area contributed by atoms with Gasteiger partial charge < -0.3 is 4.57 Å². The lowest BCUT2D eigenvalue weighted by atomic mass is 10.3. The normalized spacial score (nSPS) is 10.9. The fourth-order valence-corrected chi connectivity index (χ4v) is 2.17. The van der Waals surface area contributed by atoms with Crippen LogP contribution in [-0.4, -0.2) is 14.5 Å². The zero-order chi connectivity index (χ0) is 11.8. The predicted octanol–water partition coefficient (Wildman–Crippen LogP) is 2.48. The minimum absolute atomic E-state index is 0.340. The van der Waals surface area contributed by atoms with E-state index in [2.05, 4.69) is 25.9 Å². The lowest BCUT2D eigenvalue weighted by molar-refractivity contribution is 1.04. The van der Waals surface area contributed by atoms with Gasteiger partial charge in [0.15, 0.2) is 0 Å². The molecule has 0 radical (unpaired) electrons. The summed E-state index contributed by atoms with van der Waals surface area (Å²) >= 11 is 3.43. The molecule has 3 rings (SSSR count). The van der Waals surface area contributed by atoms with Crippen molar-refractivity contribution in [3.8, 4) is 5.69 Å². The van der Waals surface area contributed by atoms with Crippen LogP contribution in [0, 0.1) is 0 Å². The Morgan fingerprint density at radius 2 is 2.18 bits per heavy atom. The molecule has 3 aromatic rings. The summed E-state index contributed by atoms with van der Waals surface area (Å²) in [7, 11) is 0. The number of hydrogen-bond acceptors (Lipinski definition) is 2. The highest BCUT2D eigenvalue weighted by Crippen LogP contribution is 2.19. The average Bonchev–Trinajstić information content (AvgIpc) is 2.71. The van der Waals surface area contributed by atoms with Gasteiger partial charge in [-0.15, -0.1) is 0 Å². The Bertz CT molecular complexity index is 745.